The topological polar surface area (TPSA) is 62.1 Å². The zero-order chi connectivity index (χ0) is 17.4. The molecule has 0 aliphatic heterocycles. The van der Waals surface area contributed by atoms with Crippen LogP contribution in [0.1, 0.15) is 18.9 Å². The maximum Gasteiger partial charge on any atom is 0.266 e. The fraction of sp³-hybridized carbons (Fsp3) is 0.158. The fourth-order valence-corrected chi connectivity index (χ4v) is 2.48. The molecule has 0 saturated carbocycles. The molecular weight excluding hydrogens is 368 g/mol. The summed E-state index contributed by atoms with van der Waals surface area (Å²) in [5.74, 6) is 0.298. The Morgan fingerprint density at radius 3 is 2.67 bits per heavy atom. The second-order valence-corrected chi connectivity index (χ2v) is 5.88. The van der Waals surface area contributed by atoms with E-state index in [1.165, 1.54) is 0 Å². The molecule has 0 aromatic heterocycles. The minimum Gasteiger partial charge on any atom is -0.492 e. The molecule has 0 unspecified atom stereocenters. The molecule has 2 aromatic carbocycles. The Bertz CT molecular complexity index is 780. The number of carbonyl (C=O) groups is 1. The zero-order valence-corrected chi connectivity index (χ0v) is 14.8. The van der Waals surface area contributed by atoms with Crippen molar-refractivity contribution in [2.75, 3.05) is 11.9 Å². The Labute approximate surface area is 149 Å². The molecule has 0 radical (unpaired) electrons. The highest BCUT2D eigenvalue weighted by Crippen LogP contribution is 2.27. The quantitative estimate of drug-likeness (QED) is 0.575. The summed E-state index contributed by atoms with van der Waals surface area (Å²) >= 11 is 3.44. The standard InChI is InChI=1S/C19H17BrN2O2/c1-2-10-24-18-9-8-14(12-17(18)20)11-15(13-21)19(23)22-16-6-4-3-5-7-16/h3-9,11-12H,2,10H2,1H3,(H,22,23)/b15-11+. The Morgan fingerprint density at radius 1 is 1.29 bits per heavy atom. The molecule has 122 valence electrons. The van der Waals surface area contributed by atoms with Crippen LogP contribution < -0.4 is 10.1 Å². The van der Waals surface area contributed by atoms with Crippen molar-refractivity contribution in [3.8, 4) is 11.8 Å². The first-order valence-electron chi connectivity index (χ1n) is 7.54. The van der Waals surface area contributed by atoms with Crippen molar-refractivity contribution in [1.29, 1.82) is 5.26 Å². The van der Waals surface area contributed by atoms with Gasteiger partial charge in [0, 0.05) is 5.69 Å². The Kier molecular flexibility index (Phi) is 6.59. The van der Waals surface area contributed by atoms with E-state index in [1.807, 2.05) is 49.4 Å². The van der Waals surface area contributed by atoms with Crippen LogP contribution in [0.2, 0.25) is 0 Å². The number of carbonyl (C=O) groups excluding carboxylic acids is 1. The first-order valence-corrected chi connectivity index (χ1v) is 8.34. The SMILES string of the molecule is CCCOc1ccc(/C=C(\C#N)C(=O)Nc2ccccc2)cc1Br. The number of ether oxygens (including phenoxy) is 1. The van der Waals surface area contributed by atoms with Crippen LogP contribution in [-0.2, 0) is 4.79 Å². The molecule has 0 fully saturated rings. The molecule has 24 heavy (non-hydrogen) atoms. The number of nitrogens with one attached hydrogen (secondary N) is 1. The van der Waals surface area contributed by atoms with E-state index in [0.29, 0.717) is 12.3 Å². The van der Waals surface area contributed by atoms with Gasteiger partial charge in [-0.2, -0.15) is 5.26 Å². The van der Waals surface area contributed by atoms with Crippen molar-refractivity contribution < 1.29 is 9.53 Å². The van der Waals surface area contributed by atoms with Gasteiger partial charge in [-0.1, -0.05) is 31.2 Å². The van der Waals surface area contributed by atoms with Crippen LogP contribution in [-0.4, -0.2) is 12.5 Å². The van der Waals surface area contributed by atoms with Crippen molar-refractivity contribution in [2.24, 2.45) is 0 Å². The predicted molar refractivity (Wildman–Crippen MR) is 98.6 cm³/mol. The number of para-hydroxylation sites is 1. The fourth-order valence-electron chi connectivity index (χ4n) is 1.97. The zero-order valence-electron chi connectivity index (χ0n) is 13.3. The van der Waals surface area contributed by atoms with Crippen molar-refractivity contribution in [3.63, 3.8) is 0 Å². The van der Waals surface area contributed by atoms with E-state index in [-0.39, 0.29) is 5.57 Å². The van der Waals surface area contributed by atoms with Gasteiger partial charge in [-0.05, 0) is 58.3 Å². The van der Waals surface area contributed by atoms with Crippen LogP contribution in [0.4, 0.5) is 5.69 Å². The van der Waals surface area contributed by atoms with Crippen molar-refractivity contribution in [3.05, 3.63) is 64.1 Å². The molecule has 0 atom stereocenters. The number of halogens is 1. The third-order valence-electron chi connectivity index (χ3n) is 3.13. The van der Waals surface area contributed by atoms with Crippen molar-refractivity contribution >= 4 is 33.6 Å². The van der Waals surface area contributed by atoms with Crippen LogP contribution in [0.15, 0.2) is 58.6 Å². The molecule has 1 N–H and O–H groups in total. The van der Waals surface area contributed by atoms with E-state index < -0.39 is 5.91 Å². The van der Waals surface area contributed by atoms with E-state index in [0.717, 1.165) is 22.2 Å². The number of amides is 1. The van der Waals surface area contributed by atoms with Crippen molar-refractivity contribution in [2.45, 2.75) is 13.3 Å². The van der Waals surface area contributed by atoms with Gasteiger partial charge < -0.3 is 10.1 Å². The van der Waals surface area contributed by atoms with Gasteiger partial charge in [0.15, 0.2) is 0 Å². The van der Waals surface area contributed by atoms with Gasteiger partial charge in [0.2, 0.25) is 0 Å². The van der Waals surface area contributed by atoms with Crippen LogP contribution in [0.3, 0.4) is 0 Å². The molecule has 1 amide bonds. The number of hydrogen-bond donors (Lipinski definition) is 1. The van der Waals surface area contributed by atoms with Gasteiger partial charge in [0.05, 0.1) is 11.1 Å². The lowest BCUT2D eigenvalue weighted by atomic mass is 10.1. The third-order valence-corrected chi connectivity index (χ3v) is 3.75. The lowest BCUT2D eigenvalue weighted by Gasteiger charge is -2.08. The second kappa shape index (κ2) is 8.90. The summed E-state index contributed by atoms with van der Waals surface area (Å²) in [6.45, 7) is 2.67. The monoisotopic (exact) mass is 384 g/mol. The molecular formula is C19H17BrN2O2. The number of anilines is 1. The molecule has 0 aliphatic carbocycles. The molecule has 0 bridgehead atoms. The highest BCUT2D eigenvalue weighted by atomic mass is 79.9. The van der Waals surface area contributed by atoms with Crippen LogP contribution in [0.25, 0.3) is 6.08 Å². The summed E-state index contributed by atoms with van der Waals surface area (Å²) in [5, 5.41) is 12.0. The Balaban J connectivity index is 2.16. The van der Waals surface area contributed by atoms with Crippen LogP contribution in [0.5, 0.6) is 5.75 Å². The molecule has 2 rings (SSSR count). The predicted octanol–water partition coefficient (Wildman–Crippen LogP) is 4.78. The summed E-state index contributed by atoms with van der Waals surface area (Å²) in [6, 6.07) is 16.4. The highest BCUT2D eigenvalue weighted by Gasteiger charge is 2.10. The minimum atomic E-state index is -0.439. The summed E-state index contributed by atoms with van der Waals surface area (Å²) in [7, 11) is 0. The minimum absolute atomic E-state index is 0.0352. The summed E-state index contributed by atoms with van der Waals surface area (Å²) in [6.07, 6.45) is 2.47. The first-order chi connectivity index (χ1) is 11.6. The van der Waals surface area contributed by atoms with Gasteiger partial charge in [0.25, 0.3) is 5.91 Å². The third kappa shape index (κ3) is 4.97. The second-order valence-electron chi connectivity index (χ2n) is 5.03. The van der Waals surface area contributed by atoms with Crippen molar-refractivity contribution in [1.82, 2.24) is 0 Å². The normalized spacial score (nSPS) is 10.8. The van der Waals surface area contributed by atoms with Gasteiger partial charge in [0.1, 0.15) is 17.4 Å². The summed E-state index contributed by atoms with van der Waals surface area (Å²) in [4.78, 5) is 12.2. The Morgan fingerprint density at radius 2 is 2.04 bits per heavy atom. The summed E-state index contributed by atoms with van der Waals surface area (Å²) in [5.41, 5.74) is 1.42. The number of nitrogens with zero attached hydrogens (tertiary/aromatic N) is 1. The molecule has 4 nitrogen and oxygen atoms in total. The average Bonchev–Trinajstić information content (AvgIpc) is 2.59. The number of rotatable bonds is 6. The van der Waals surface area contributed by atoms with Gasteiger partial charge >= 0.3 is 0 Å². The van der Waals surface area contributed by atoms with E-state index in [9.17, 15) is 10.1 Å². The smallest absolute Gasteiger partial charge is 0.266 e. The molecule has 2 aromatic rings. The maximum absolute atomic E-state index is 12.2. The molecule has 0 saturated heterocycles. The lowest BCUT2D eigenvalue weighted by Crippen LogP contribution is -2.13. The molecule has 5 heteroatoms. The summed E-state index contributed by atoms with van der Waals surface area (Å²) < 4.78 is 6.37. The number of nitriles is 1. The van der Waals surface area contributed by atoms with Crippen LogP contribution in [0, 0.1) is 11.3 Å². The van der Waals surface area contributed by atoms with Gasteiger partial charge in [-0.15, -0.1) is 0 Å². The van der Waals surface area contributed by atoms with Crippen LogP contribution >= 0.6 is 15.9 Å². The van der Waals surface area contributed by atoms with E-state index >= 15 is 0 Å². The van der Waals surface area contributed by atoms with Gasteiger partial charge in [-0.25, -0.2) is 0 Å². The van der Waals surface area contributed by atoms with Gasteiger partial charge in [-0.3, -0.25) is 4.79 Å². The van der Waals surface area contributed by atoms with E-state index in [1.54, 1.807) is 18.2 Å². The average molecular weight is 385 g/mol. The van der Waals surface area contributed by atoms with E-state index in [4.69, 9.17) is 4.74 Å². The maximum atomic E-state index is 12.2. The molecule has 0 heterocycles. The van der Waals surface area contributed by atoms with E-state index in [2.05, 4.69) is 21.2 Å². The first kappa shape index (κ1) is 17.8. The number of hydrogen-bond acceptors (Lipinski definition) is 3. The largest absolute Gasteiger partial charge is 0.492 e. The Hall–Kier alpha value is -2.58. The lowest BCUT2D eigenvalue weighted by molar-refractivity contribution is -0.112. The molecule has 0 spiro atoms. The molecule has 0 aliphatic rings. The highest BCUT2D eigenvalue weighted by molar-refractivity contribution is 9.10. The number of benzene rings is 2.